The van der Waals surface area contributed by atoms with Crippen LogP contribution in [0.15, 0.2) is 18.2 Å². The van der Waals surface area contributed by atoms with Gasteiger partial charge >= 0.3 is 0 Å². The van der Waals surface area contributed by atoms with Crippen LogP contribution < -0.4 is 9.47 Å². The number of nitrogens with zero attached hydrogens (tertiary/aromatic N) is 1. The smallest absolute Gasteiger partial charge is 0.222 e. The van der Waals surface area contributed by atoms with Crippen LogP contribution in [0.5, 0.6) is 11.5 Å². The van der Waals surface area contributed by atoms with Crippen LogP contribution in [0.2, 0.25) is 0 Å². The molecule has 1 aromatic carbocycles. The Labute approximate surface area is 139 Å². The number of ether oxygens (including phenoxy) is 2. The van der Waals surface area contributed by atoms with Crippen LogP contribution in [0.4, 0.5) is 0 Å². The summed E-state index contributed by atoms with van der Waals surface area (Å²) in [7, 11) is 3.32. The second-order valence-corrected chi connectivity index (χ2v) is 6.19. The van der Waals surface area contributed by atoms with Crippen molar-refractivity contribution in [2.45, 2.75) is 51.4 Å². The Balaban J connectivity index is 1.61. The Morgan fingerprint density at radius 2 is 1.70 bits per heavy atom. The first-order valence-corrected chi connectivity index (χ1v) is 8.73. The highest BCUT2D eigenvalue weighted by Gasteiger charge is 2.16. The third kappa shape index (κ3) is 5.45. The predicted molar refractivity (Wildman–Crippen MR) is 92.1 cm³/mol. The first-order valence-electron chi connectivity index (χ1n) is 8.73. The molecule has 4 heteroatoms. The standard InChI is InChI=1S/C19H29NO3/c1-22-17-12-11-16(15-18(17)23-2)9-5-3-4-6-10-19(21)20-13-7-8-14-20/h11-12,15H,3-10,13-14H2,1-2H3. The molecule has 1 aliphatic rings. The van der Waals surface area contributed by atoms with Gasteiger partial charge in [-0.1, -0.05) is 18.9 Å². The molecule has 23 heavy (non-hydrogen) atoms. The van der Waals surface area contributed by atoms with E-state index < -0.39 is 0 Å². The maximum absolute atomic E-state index is 11.9. The van der Waals surface area contributed by atoms with E-state index in [1.54, 1.807) is 14.2 Å². The van der Waals surface area contributed by atoms with E-state index in [1.807, 2.05) is 11.0 Å². The van der Waals surface area contributed by atoms with Gasteiger partial charge in [0.2, 0.25) is 5.91 Å². The molecular formula is C19H29NO3. The van der Waals surface area contributed by atoms with Crippen LogP contribution in [0.25, 0.3) is 0 Å². The van der Waals surface area contributed by atoms with Gasteiger partial charge < -0.3 is 14.4 Å². The third-order valence-corrected chi connectivity index (χ3v) is 4.51. The Hall–Kier alpha value is -1.71. The quantitative estimate of drug-likeness (QED) is 0.650. The molecule has 1 amide bonds. The first-order chi connectivity index (χ1) is 11.2. The van der Waals surface area contributed by atoms with Crippen molar-refractivity contribution in [2.75, 3.05) is 27.3 Å². The monoisotopic (exact) mass is 319 g/mol. The number of carbonyl (C=O) groups is 1. The molecule has 0 radical (unpaired) electrons. The number of rotatable bonds is 9. The lowest BCUT2D eigenvalue weighted by atomic mass is 10.0. The molecule has 0 aromatic heterocycles. The Kier molecular flexibility index (Phi) is 7.24. The molecule has 1 aliphatic heterocycles. The number of unbranched alkanes of at least 4 members (excludes halogenated alkanes) is 3. The molecule has 128 valence electrons. The highest BCUT2D eigenvalue weighted by atomic mass is 16.5. The van der Waals surface area contributed by atoms with Gasteiger partial charge in [-0.25, -0.2) is 0 Å². The molecule has 1 aromatic rings. The molecule has 0 N–H and O–H groups in total. The zero-order valence-corrected chi connectivity index (χ0v) is 14.5. The number of hydrogen-bond donors (Lipinski definition) is 0. The summed E-state index contributed by atoms with van der Waals surface area (Å²) in [6, 6.07) is 6.11. The van der Waals surface area contributed by atoms with Gasteiger partial charge in [-0.3, -0.25) is 4.79 Å². The van der Waals surface area contributed by atoms with Crippen molar-refractivity contribution in [3.05, 3.63) is 23.8 Å². The summed E-state index contributed by atoms with van der Waals surface area (Å²) < 4.78 is 10.6. The van der Waals surface area contributed by atoms with E-state index in [0.29, 0.717) is 5.91 Å². The van der Waals surface area contributed by atoms with Crippen molar-refractivity contribution in [1.29, 1.82) is 0 Å². The lowest BCUT2D eigenvalue weighted by Crippen LogP contribution is -2.27. The van der Waals surface area contributed by atoms with Crippen LogP contribution in [0, 0.1) is 0 Å². The van der Waals surface area contributed by atoms with Crippen LogP contribution in [-0.4, -0.2) is 38.1 Å². The zero-order chi connectivity index (χ0) is 16.5. The van der Waals surface area contributed by atoms with Crippen molar-refractivity contribution in [3.8, 4) is 11.5 Å². The minimum Gasteiger partial charge on any atom is -0.493 e. The number of hydrogen-bond acceptors (Lipinski definition) is 3. The highest BCUT2D eigenvalue weighted by molar-refractivity contribution is 5.76. The molecule has 0 bridgehead atoms. The molecule has 1 saturated heterocycles. The van der Waals surface area contributed by atoms with E-state index >= 15 is 0 Å². The zero-order valence-electron chi connectivity index (χ0n) is 14.5. The minimum absolute atomic E-state index is 0.349. The number of benzene rings is 1. The Morgan fingerprint density at radius 1 is 1.00 bits per heavy atom. The summed E-state index contributed by atoms with van der Waals surface area (Å²) >= 11 is 0. The highest BCUT2D eigenvalue weighted by Crippen LogP contribution is 2.28. The molecule has 2 rings (SSSR count). The fraction of sp³-hybridized carbons (Fsp3) is 0.632. The van der Waals surface area contributed by atoms with Gasteiger partial charge in [0, 0.05) is 19.5 Å². The third-order valence-electron chi connectivity index (χ3n) is 4.51. The van der Waals surface area contributed by atoms with Crippen molar-refractivity contribution in [3.63, 3.8) is 0 Å². The summed E-state index contributed by atoms with van der Waals surface area (Å²) in [5.41, 5.74) is 1.27. The molecule has 0 unspecified atom stereocenters. The average Bonchev–Trinajstić information content (AvgIpc) is 3.12. The van der Waals surface area contributed by atoms with Crippen LogP contribution in [0.3, 0.4) is 0 Å². The maximum atomic E-state index is 11.9. The summed E-state index contributed by atoms with van der Waals surface area (Å²) in [4.78, 5) is 13.9. The van der Waals surface area contributed by atoms with Crippen molar-refractivity contribution >= 4 is 5.91 Å². The molecule has 0 spiro atoms. The number of likely N-dealkylation sites (tertiary alicyclic amines) is 1. The molecule has 1 heterocycles. The lowest BCUT2D eigenvalue weighted by Gasteiger charge is -2.14. The van der Waals surface area contributed by atoms with E-state index in [2.05, 4.69) is 12.1 Å². The van der Waals surface area contributed by atoms with Crippen LogP contribution >= 0.6 is 0 Å². The topological polar surface area (TPSA) is 38.8 Å². The van der Waals surface area contributed by atoms with Crippen molar-refractivity contribution in [1.82, 2.24) is 4.90 Å². The number of amides is 1. The average molecular weight is 319 g/mol. The lowest BCUT2D eigenvalue weighted by molar-refractivity contribution is -0.130. The minimum atomic E-state index is 0.349. The van der Waals surface area contributed by atoms with Gasteiger partial charge in [-0.05, 0) is 49.8 Å². The van der Waals surface area contributed by atoms with Crippen LogP contribution in [-0.2, 0) is 11.2 Å². The summed E-state index contributed by atoms with van der Waals surface area (Å²) in [6.07, 6.45) is 8.58. The van der Waals surface area contributed by atoms with E-state index in [9.17, 15) is 4.79 Å². The van der Waals surface area contributed by atoms with E-state index in [4.69, 9.17) is 9.47 Å². The van der Waals surface area contributed by atoms with Gasteiger partial charge in [0.15, 0.2) is 11.5 Å². The fourth-order valence-corrected chi connectivity index (χ4v) is 3.12. The second-order valence-electron chi connectivity index (χ2n) is 6.19. The van der Waals surface area contributed by atoms with Gasteiger partial charge in [-0.15, -0.1) is 0 Å². The van der Waals surface area contributed by atoms with Gasteiger partial charge in [0.25, 0.3) is 0 Å². The molecular weight excluding hydrogens is 290 g/mol. The molecule has 4 nitrogen and oxygen atoms in total. The van der Waals surface area contributed by atoms with Crippen LogP contribution in [0.1, 0.15) is 50.5 Å². The van der Waals surface area contributed by atoms with E-state index in [-0.39, 0.29) is 0 Å². The van der Waals surface area contributed by atoms with Gasteiger partial charge in [0.05, 0.1) is 14.2 Å². The Bertz CT molecular complexity index is 495. The van der Waals surface area contributed by atoms with Crippen molar-refractivity contribution in [2.24, 2.45) is 0 Å². The molecule has 0 aliphatic carbocycles. The largest absolute Gasteiger partial charge is 0.493 e. The summed E-state index contributed by atoms with van der Waals surface area (Å²) in [5, 5.41) is 0. The number of methoxy groups -OCH3 is 2. The van der Waals surface area contributed by atoms with E-state index in [0.717, 1.165) is 56.7 Å². The Morgan fingerprint density at radius 3 is 2.39 bits per heavy atom. The SMILES string of the molecule is COc1ccc(CCCCCCC(=O)N2CCCC2)cc1OC. The van der Waals surface area contributed by atoms with Crippen molar-refractivity contribution < 1.29 is 14.3 Å². The van der Waals surface area contributed by atoms with Gasteiger partial charge in [0.1, 0.15) is 0 Å². The predicted octanol–water partition coefficient (Wildman–Crippen LogP) is 3.82. The fourth-order valence-electron chi connectivity index (χ4n) is 3.12. The first kappa shape index (κ1) is 17.6. The second kappa shape index (κ2) is 9.43. The van der Waals surface area contributed by atoms with E-state index in [1.165, 1.54) is 24.8 Å². The van der Waals surface area contributed by atoms with Gasteiger partial charge in [-0.2, -0.15) is 0 Å². The number of aryl methyl sites for hydroxylation is 1. The number of carbonyl (C=O) groups excluding carboxylic acids is 1. The molecule has 1 fully saturated rings. The molecule has 0 atom stereocenters. The normalized spacial score (nSPS) is 14.1. The summed E-state index contributed by atoms with van der Waals surface area (Å²) in [6.45, 7) is 1.94. The molecule has 0 saturated carbocycles. The maximum Gasteiger partial charge on any atom is 0.222 e. The summed E-state index contributed by atoms with van der Waals surface area (Å²) in [5.74, 6) is 1.92.